The fourth-order valence-corrected chi connectivity index (χ4v) is 11.1. The van der Waals surface area contributed by atoms with Crippen LogP contribution in [-0.2, 0) is 4.79 Å². The molecule has 0 bridgehead atoms. The van der Waals surface area contributed by atoms with E-state index in [9.17, 15) is 4.79 Å². The van der Waals surface area contributed by atoms with E-state index in [-0.39, 0.29) is 11.2 Å². The van der Waals surface area contributed by atoms with E-state index in [0.717, 1.165) is 48.3 Å². The standard InChI is InChI=1S/C30H48Cl2O/c1-19(2)7-6-8-20(3)23-11-12-24-22-10-9-21-17-29(18-26(33)30(29,31)32)16-15-27(21,4)25(22)13-14-28(23,24)5/h19-25H,6-18H2,1-5H3/t20-,21+,22+,23-,24+,25+,27+,28-,29-/m1/s1. The fourth-order valence-electron chi connectivity index (χ4n) is 10.5. The van der Waals surface area contributed by atoms with Gasteiger partial charge in [-0.15, -0.1) is 0 Å². The van der Waals surface area contributed by atoms with E-state index in [0.29, 0.717) is 23.2 Å². The summed E-state index contributed by atoms with van der Waals surface area (Å²) in [5.41, 5.74) is 0.871. The molecule has 0 unspecified atom stereocenters. The Bertz CT molecular complexity index is 775. The maximum Gasteiger partial charge on any atom is 0.181 e. The number of hydrogen-bond donors (Lipinski definition) is 0. The molecule has 0 aromatic rings. The Labute approximate surface area is 213 Å². The summed E-state index contributed by atoms with van der Waals surface area (Å²) in [4.78, 5) is 12.2. The molecule has 0 aliphatic heterocycles. The van der Waals surface area contributed by atoms with Gasteiger partial charge in [0.25, 0.3) is 0 Å². The lowest BCUT2D eigenvalue weighted by molar-refractivity contribution is -0.159. The van der Waals surface area contributed by atoms with Gasteiger partial charge in [0.05, 0.1) is 0 Å². The van der Waals surface area contributed by atoms with Gasteiger partial charge in [0, 0.05) is 11.8 Å². The highest BCUT2D eigenvalue weighted by Gasteiger charge is 2.69. The first-order valence-corrected chi connectivity index (χ1v) is 15.1. The summed E-state index contributed by atoms with van der Waals surface area (Å²) in [5, 5.41) is 0. The largest absolute Gasteiger partial charge is 0.296 e. The minimum atomic E-state index is -1.11. The number of hydrogen-bond acceptors (Lipinski definition) is 1. The van der Waals surface area contributed by atoms with Gasteiger partial charge in [0.15, 0.2) is 10.1 Å². The summed E-state index contributed by atoms with van der Waals surface area (Å²) in [6.45, 7) is 12.6. The first-order chi connectivity index (χ1) is 15.4. The molecule has 0 saturated heterocycles. The average molecular weight is 496 g/mol. The van der Waals surface area contributed by atoms with Gasteiger partial charge >= 0.3 is 0 Å². The van der Waals surface area contributed by atoms with Crippen LogP contribution in [0.3, 0.4) is 0 Å². The van der Waals surface area contributed by atoms with Gasteiger partial charge in [-0.1, -0.05) is 77.1 Å². The molecular weight excluding hydrogens is 447 g/mol. The molecule has 3 heteroatoms. The predicted molar refractivity (Wildman–Crippen MR) is 140 cm³/mol. The van der Waals surface area contributed by atoms with Crippen molar-refractivity contribution in [2.45, 2.75) is 122 Å². The van der Waals surface area contributed by atoms with Crippen LogP contribution in [0, 0.1) is 57.7 Å². The first kappa shape index (κ1) is 24.9. The molecule has 5 aliphatic rings. The van der Waals surface area contributed by atoms with Crippen molar-refractivity contribution in [2.24, 2.45) is 57.7 Å². The van der Waals surface area contributed by atoms with E-state index in [2.05, 4.69) is 34.6 Å². The molecule has 1 nitrogen and oxygen atoms in total. The van der Waals surface area contributed by atoms with Gasteiger partial charge in [-0.3, -0.25) is 4.79 Å². The van der Waals surface area contributed by atoms with E-state index >= 15 is 0 Å². The third-order valence-electron chi connectivity index (χ3n) is 12.6. The second-order valence-corrected chi connectivity index (χ2v) is 15.7. The molecule has 5 aliphatic carbocycles. The summed E-state index contributed by atoms with van der Waals surface area (Å²) in [5.74, 6) is 6.16. The van der Waals surface area contributed by atoms with Crippen LogP contribution in [0.1, 0.15) is 118 Å². The Morgan fingerprint density at radius 2 is 1.61 bits per heavy atom. The second kappa shape index (κ2) is 8.39. The minimum absolute atomic E-state index is 0.0658. The fraction of sp³-hybridized carbons (Fsp3) is 0.967. The summed E-state index contributed by atoms with van der Waals surface area (Å²) in [7, 11) is 0. The lowest BCUT2D eigenvalue weighted by Gasteiger charge is -2.65. The molecule has 0 heterocycles. The lowest BCUT2D eigenvalue weighted by atomic mass is 9.41. The van der Waals surface area contributed by atoms with Gasteiger partial charge in [0.2, 0.25) is 0 Å². The number of fused-ring (bicyclic) bond motifs is 5. The van der Waals surface area contributed by atoms with Gasteiger partial charge in [-0.25, -0.2) is 0 Å². The maximum atomic E-state index is 12.2. The van der Waals surface area contributed by atoms with Crippen LogP contribution in [0.15, 0.2) is 0 Å². The number of Topliss-reactive ketones (excluding diaryl/α,β-unsaturated/α-hetero) is 1. The van der Waals surface area contributed by atoms with Crippen LogP contribution in [0.5, 0.6) is 0 Å². The molecule has 0 radical (unpaired) electrons. The number of rotatable bonds is 5. The van der Waals surface area contributed by atoms with Crippen molar-refractivity contribution >= 4 is 29.0 Å². The third-order valence-corrected chi connectivity index (χ3v) is 13.8. The summed E-state index contributed by atoms with van der Waals surface area (Å²) in [6, 6.07) is 0. The van der Waals surface area contributed by atoms with Crippen molar-refractivity contribution in [1.82, 2.24) is 0 Å². The summed E-state index contributed by atoms with van der Waals surface area (Å²) in [6.07, 6.45) is 16.8. The van der Waals surface area contributed by atoms with Crippen molar-refractivity contribution < 1.29 is 4.79 Å². The molecule has 5 rings (SSSR count). The summed E-state index contributed by atoms with van der Waals surface area (Å²) >= 11 is 13.2. The molecule has 5 saturated carbocycles. The molecular formula is C30H48Cl2O. The summed E-state index contributed by atoms with van der Waals surface area (Å²) < 4.78 is -1.11. The number of carbonyl (C=O) groups excluding carboxylic acids is 1. The molecule has 0 aromatic heterocycles. The highest BCUT2D eigenvalue weighted by atomic mass is 35.5. The SMILES string of the molecule is CC(C)CCC[C@@H](C)[C@H]1CC[C@H]2[C@@H]3CC[C@H]4C[C@]5(CC[C@]4(C)[C@H]3CC[C@]12C)CC(=O)C5(Cl)Cl. The van der Waals surface area contributed by atoms with Crippen LogP contribution in [0.25, 0.3) is 0 Å². The molecule has 0 N–H and O–H groups in total. The van der Waals surface area contributed by atoms with Crippen molar-refractivity contribution in [3.63, 3.8) is 0 Å². The highest BCUT2D eigenvalue weighted by Crippen LogP contribution is 2.72. The van der Waals surface area contributed by atoms with Crippen LogP contribution in [0.4, 0.5) is 0 Å². The number of alkyl halides is 2. The molecule has 9 atom stereocenters. The van der Waals surface area contributed by atoms with Crippen molar-refractivity contribution in [1.29, 1.82) is 0 Å². The Kier molecular flexibility index (Phi) is 6.34. The van der Waals surface area contributed by atoms with Gasteiger partial charge in [-0.2, -0.15) is 0 Å². The number of ketones is 1. The Hall–Kier alpha value is 0.250. The molecule has 1 spiro atoms. The minimum Gasteiger partial charge on any atom is -0.296 e. The Balaban J connectivity index is 1.29. The predicted octanol–water partition coefficient (Wildman–Crippen LogP) is 9.24. The van der Waals surface area contributed by atoms with Crippen molar-refractivity contribution in [3.05, 3.63) is 0 Å². The zero-order chi connectivity index (χ0) is 23.8. The smallest absolute Gasteiger partial charge is 0.181 e. The second-order valence-electron chi connectivity index (χ2n) is 14.3. The van der Waals surface area contributed by atoms with Crippen LogP contribution < -0.4 is 0 Å². The normalized spacial score (nSPS) is 49.3. The van der Waals surface area contributed by atoms with E-state index in [1.807, 2.05) is 0 Å². The number of halogens is 2. The first-order valence-electron chi connectivity index (χ1n) is 14.4. The Morgan fingerprint density at radius 1 is 0.879 bits per heavy atom. The van der Waals surface area contributed by atoms with E-state index in [4.69, 9.17) is 23.2 Å². The van der Waals surface area contributed by atoms with Crippen LogP contribution >= 0.6 is 23.2 Å². The van der Waals surface area contributed by atoms with Crippen molar-refractivity contribution in [3.8, 4) is 0 Å². The lowest BCUT2D eigenvalue weighted by Crippen LogP contribution is -2.63. The zero-order valence-electron chi connectivity index (χ0n) is 21.9. The van der Waals surface area contributed by atoms with Gasteiger partial charge in [-0.05, 0) is 110 Å². The highest BCUT2D eigenvalue weighted by molar-refractivity contribution is 6.61. The van der Waals surface area contributed by atoms with E-state index < -0.39 is 4.33 Å². The van der Waals surface area contributed by atoms with Crippen LogP contribution in [-0.4, -0.2) is 10.1 Å². The zero-order valence-corrected chi connectivity index (χ0v) is 23.4. The quantitative estimate of drug-likeness (QED) is 0.347. The van der Waals surface area contributed by atoms with Crippen molar-refractivity contribution in [2.75, 3.05) is 0 Å². The number of carbonyl (C=O) groups is 1. The van der Waals surface area contributed by atoms with E-state index in [1.165, 1.54) is 64.2 Å². The van der Waals surface area contributed by atoms with Crippen LogP contribution in [0.2, 0.25) is 0 Å². The maximum absolute atomic E-state index is 12.2. The van der Waals surface area contributed by atoms with E-state index in [1.54, 1.807) is 0 Å². The average Bonchev–Trinajstić information content (AvgIpc) is 3.11. The van der Waals surface area contributed by atoms with Gasteiger partial charge in [0.1, 0.15) is 0 Å². The molecule has 5 fully saturated rings. The third kappa shape index (κ3) is 3.62. The monoisotopic (exact) mass is 494 g/mol. The molecule has 0 aromatic carbocycles. The molecule has 188 valence electrons. The molecule has 0 amide bonds. The van der Waals surface area contributed by atoms with Gasteiger partial charge < -0.3 is 0 Å². The Morgan fingerprint density at radius 3 is 2.27 bits per heavy atom. The topological polar surface area (TPSA) is 17.1 Å². The molecule has 33 heavy (non-hydrogen) atoms.